The van der Waals surface area contributed by atoms with Gasteiger partial charge in [-0.05, 0) is 31.1 Å². The van der Waals surface area contributed by atoms with E-state index in [0.717, 1.165) is 17.0 Å². The molecule has 0 atom stereocenters. The number of amides is 1. The third kappa shape index (κ3) is 4.50. The van der Waals surface area contributed by atoms with Crippen molar-refractivity contribution >= 4 is 23.4 Å². The predicted molar refractivity (Wildman–Crippen MR) is 108 cm³/mol. The van der Waals surface area contributed by atoms with E-state index in [1.54, 1.807) is 18.2 Å². The fourth-order valence-electron chi connectivity index (χ4n) is 2.87. The summed E-state index contributed by atoms with van der Waals surface area (Å²) in [7, 11) is 0. The number of benzene rings is 2. The van der Waals surface area contributed by atoms with Gasteiger partial charge < -0.3 is 5.32 Å². The summed E-state index contributed by atoms with van der Waals surface area (Å²) < 4.78 is 1.85. The number of rotatable bonds is 6. The lowest BCUT2D eigenvalue weighted by Gasteiger charge is -2.06. The lowest BCUT2D eigenvalue weighted by Crippen LogP contribution is -2.10. The number of nitro benzene ring substituents is 1. The molecule has 1 N–H and O–H groups in total. The maximum atomic E-state index is 12.3. The van der Waals surface area contributed by atoms with Crippen molar-refractivity contribution in [1.82, 2.24) is 9.78 Å². The van der Waals surface area contributed by atoms with E-state index in [2.05, 4.69) is 10.4 Å². The zero-order valence-electron chi connectivity index (χ0n) is 15.6. The molecule has 7 heteroatoms. The standard InChI is InChI=1S/C21H20N4O3/c1-15-21(16(2)24(23-15)14-18-7-4-3-5-8-18)22-20(26)12-11-17-9-6-10-19(13-17)25(27)28/h3-13H,14H2,1-2H3,(H,22,26)/b12-11+. The summed E-state index contributed by atoms with van der Waals surface area (Å²) in [4.78, 5) is 22.7. The summed E-state index contributed by atoms with van der Waals surface area (Å²) >= 11 is 0. The van der Waals surface area contributed by atoms with Crippen LogP contribution in [0.5, 0.6) is 0 Å². The number of nitrogens with zero attached hydrogens (tertiary/aromatic N) is 3. The Labute approximate surface area is 162 Å². The number of anilines is 1. The Hall–Kier alpha value is -3.74. The van der Waals surface area contributed by atoms with Gasteiger partial charge >= 0.3 is 0 Å². The van der Waals surface area contributed by atoms with Crippen LogP contribution in [0.15, 0.2) is 60.7 Å². The van der Waals surface area contributed by atoms with Crippen molar-refractivity contribution in [3.05, 3.63) is 93.3 Å². The Balaban J connectivity index is 1.72. The van der Waals surface area contributed by atoms with Crippen LogP contribution in [-0.4, -0.2) is 20.6 Å². The first-order chi connectivity index (χ1) is 13.4. The molecule has 0 aliphatic rings. The Bertz CT molecular complexity index is 1040. The molecule has 0 saturated heterocycles. The van der Waals surface area contributed by atoms with Crippen molar-refractivity contribution in [2.45, 2.75) is 20.4 Å². The molecule has 0 saturated carbocycles. The molecule has 1 amide bonds. The molecule has 0 fully saturated rings. The van der Waals surface area contributed by atoms with Crippen LogP contribution in [0, 0.1) is 24.0 Å². The number of carbonyl (C=O) groups excluding carboxylic acids is 1. The molecule has 0 aliphatic heterocycles. The number of hydrogen-bond donors (Lipinski definition) is 1. The van der Waals surface area contributed by atoms with Crippen LogP contribution in [0.4, 0.5) is 11.4 Å². The van der Waals surface area contributed by atoms with Gasteiger partial charge in [-0.15, -0.1) is 0 Å². The molecule has 3 rings (SSSR count). The van der Waals surface area contributed by atoms with Crippen LogP contribution in [0.25, 0.3) is 6.08 Å². The summed E-state index contributed by atoms with van der Waals surface area (Å²) in [6.07, 6.45) is 2.90. The van der Waals surface area contributed by atoms with Crippen molar-refractivity contribution in [3.8, 4) is 0 Å². The summed E-state index contributed by atoms with van der Waals surface area (Å²) in [5.74, 6) is -0.322. The van der Waals surface area contributed by atoms with Crippen LogP contribution in [0.3, 0.4) is 0 Å². The van der Waals surface area contributed by atoms with Crippen molar-refractivity contribution in [3.63, 3.8) is 0 Å². The Kier molecular flexibility index (Phi) is 5.64. The molecule has 28 heavy (non-hydrogen) atoms. The molecule has 7 nitrogen and oxygen atoms in total. The van der Waals surface area contributed by atoms with E-state index in [1.807, 2.05) is 48.9 Å². The normalized spacial score (nSPS) is 10.9. The molecule has 3 aromatic rings. The van der Waals surface area contributed by atoms with Crippen LogP contribution in [0.2, 0.25) is 0 Å². The van der Waals surface area contributed by atoms with E-state index in [4.69, 9.17) is 0 Å². The topological polar surface area (TPSA) is 90.1 Å². The first-order valence-corrected chi connectivity index (χ1v) is 8.75. The molecule has 0 spiro atoms. The molecule has 0 radical (unpaired) electrons. The maximum absolute atomic E-state index is 12.3. The zero-order valence-corrected chi connectivity index (χ0v) is 15.6. The third-order valence-corrected chi connectivity index (χ3v) is 4.31. The van der Waals surface area contributed by atoms with Gasteiger partial charge in [0.15, 0.2) is 0 Å². The number of hydrogen-bond acceptors (Lipinski definition) is 4. The third-order valence-electron chi connectivity index (χ3n) is 4.31. The smallest absolute Gasteiger partial charge is 0.270 e. The van der Waals surface area contributed by atoms with E-state index in [1.165, 1.54) is 18.2 Å². The van der Waals surface area contributed by atoms with Gasteiger partial charge in [-0.25, -0.2) is 0 Å². The fourth-order valence-corrected chi connectivity index (χ4v) is 2.87. The van der Waals surface area contributed by atoms with Crippen molar-refractivity contribution < 1.29 is 9.72 Å². The Morgan fingerprint density at radius 3 is 2.64 bits per heavy atom. The SMILES string of the molecule is Cc1nn(Cc2ccccc2)c(C)c1NC(=O)/C=C/c1cccc([N+](=O)[O-])c1. The fraction of sp³-hybridized carbons (Fsp3) is 0.143. The highest BCUT2D eigenvalue weighted by Crippen LogP contribution is 2.21. The van der Waals surface area contributed by atoms with Gasteiger partial charge in [0.05, 0.1) is 28.5 Å². The quantitative estimate of drug-likeness (QED) is 0.398. The van der Waals surface area contributed by atoms with E-state index in [0.29, 0.717) is 17.8 Å². The molecule has 142 valence electrons. The van der Waals surface area contributed by atoms with E-state index in [-0.39, 0.29) is 11.6 Å². The zero-order chi connectivity index (χ0) is 20.1. The molecule has 1 aromatic heterocycles. The van der Waals surface area contributed by atoms with Crippen LogP contribution in [0.1, 0.15) is 22.5 Å². The highest BCUT2D eigenvalue weighted by Gasteiger charge is 2.13. The number of aromatic nitrogens is 2. The molecule has 1 heterocycles. The molecule has 2 aromatic carbocycles. The van der Waals surface area contributed by atoms with Crippen LogP contribution >= 0.6 is 0 Å². The summed E-state index contributed by atoms with van der Waals surface area (Å²) in [6, 6.07) is 16.1. The number of carbonyl (C=O) groups is 1. The van der Waals surface area contributed by atoms with Gasteiger partial charge in [-0.1, -0.05) is 42.5 Å². The second kappa shape index (κ2) is 8.30. The summed E-state index contributed by atoms with van der Waals surface area (Å²) in [6.45, 7) is 4.37. The van der Waals surface area contributed by atoms with Gasteiger partial charge in [-0.2, -0.15) is 5.10 Å². The lowest BCUT2D eigenvalue weighted by atomic mass is 10.2. The summed E-state index contributed by atoms with van der Waals surface area (Å²) in [5.41, 5.74) is 3.94. The number of non-ortho nitro benzene ring substituents is 1. The number of aryl methyl sites for hydroxylation is 1. The minimum Gasteiger partial charge on any atom is -0.319 e. The van der Waals surface area contributed by atoms with Gasteiger partial charge in [0, 0.05) is 18.2 Å². The van der Waals surface area contributed by atoms with Gasteiger partial charge in [-0.3, -0.25) is 19.6 Å². The molecule has 0 aliphatic carbocycles. The van der Waals surface area contributed by atoms with E-state index < -0.39 is 4.92 Å². The van der Waals surface area contributed by atoms with Crippen molar-refractivity contribution in [2.24, 2.45) is 0 Å². The second-order valence-corrected chi connectivity index (χ2v) is 6.36. The Morgan fingerprint density at radius 2 is 1.93 bits per heavy atom. The number of nitro groups is 1. The van der Waals surface area contributed by atoms with Gasteiger partial charge in [0.1, 0.15) is 0 Å². The molecular weight excluding hydrogens is 356 g/mol. The van der Waals surface area contributed by atoms with E-state index in [9.17, 15) is 14.9 Å². The van der Waals surface area contributed by atoms with E-state index >= 15 is 0 Å². The second-order valence-electron chi connectivity index (χ2n) is 6.36. The largest absolute Gasteiger partial charge is 0.319 e. The Morgan fingerprint density at radius 1 is 1.18 bits per heavy atom. The van der Waals surface area contributed by atoms with Crippen molar-refractivity contribution in [2.75, 3.05) is 5.32 Å². The summed E-state index contributed by atoms with van der Waals surface area (Å²) in [5, 5.41) is 18.2. The minimum atomic E-state index is -0.467. The number of nitrogens with one attached hydrogen (secondary N) is 1. The average Bonchev–Trinajstić information content (AvgIpc) is 2.95. The predicted octanol–water partition coefficient (Wildman–Crippen LogP) is 4.11. The monoisotopic (exact) mass is 376 g/mol. The van der Waals surface area contributed by atoms with Crippen LogP contribution < -0.4 is 5.32 Å². The highest BCUT2D eigenvalue weighted by atomic mass is 16.6. The molecule has 0 bridgehead atoms. The first kappa shape index (κ1) is 19.0. The van der Waals surface area contributed by atoms with Gasteiger partial charge in [0.25, 0.3) is 5.69 Å². The van der Waals surface area contributed by atoms with Gasteiger partial charge in [0.2, 0.25) is 5.91 Å². The minimum absolute atomic E-state index is 0.0172. The van der Waals surface area contributed by atoms with Crippen LogP contribution in [-0.2, 0) is 11.3 Å². The highest BCUT2D eigenvalue weighted by molar-refractivity contribution is 6.02. The average molecular weight is 376 g/mol. The maximum Gasteiger partial charge on any atom is 0.270 e. The molecule has 0 unspecified atom stereocenters. The lowest BCUT2D eigenvalue weighted by molar-refractivity contribution is -0.384. The van der Waals surface area contributed by atoms with Crippen molar-refractivity contribution in [1.29, 1.82) is 0 Å². The first-order valence-electron chi connectivity index (χ1n) is 8.75. The molecular formula is C21H20N4O3.